The van der Waals surface area contributed by atoms with Crippen molar-refractivity contribution in [3.05, 3.63) is 34.9 Å². The zero-order chi connectivity index (χ0) is 12.5. The lowest BCUT2D eigenvalue weighted by Crippen LogP contribution is -2.32. The Bertz CT molecular complexity index is 437. The van der Waals surface area contributed by atoms with E-state index in [1.54, 1.807) is 0 Å². The Hall–Kier alpha value is -0.770. The van der Waals surface area contributed by atoms with Gasteiger partial charge >= 0.3 is 0 Å². The fourth-order valence-electron chi connectivity index (χ4n) is 2.95. The van der Waals surface area contributed by atoms with Gasteiger partial charge in [-0.3, -0.25) is 4.79 Å². The number of rotatable bonds is 2. The number of carbonyl (C=O) groups is 1. The van der Waals surface area contributed by atoms with Crippen LogP contribution >= 0.6 is 24.0 Å². The van der Waals surface area contributed by atoms with Crippen LogP contribution in [-0.2, 0) is 11.2 Å². The summed E-state index contributed by atoms with van der Waals surface area (Å²) in [5, 5.41) is 4.10. The Labute approximate surface area is 124 Å². The average molecular weight is 301 g/mol. The van der Waals surface area contributed by atoms with Crippen LogP contribution in [0.5, 0.6) is 0 Å². The number of benzene rings is 1. The van der Waals surface area contributed by atoms with E-state index in [4.69, 9.17) is 11.6 Å². The zero-order valence-electron chi connectivity index (χ0n) is 10.6. The first-order chi connectivity index (χ1) is 8.72. The van der Waals surface area contributed by atoms with Gasteiger partial charge in [0.25, 0.3) is 0 Å². The van der Waals surface area contributed by atoms with Gasteiger partial charge in [-0.15, -0.1) is 12.4 Å². The SMILES string of the molecule is Cl.O=C(Cc1ccc(Cl)cc1)N1C[C@H]2CNC[C@H]2C1. The summed E-state index contributed by atoms with van der Waals surface area (Å²) in [5.41, 5.74) is 1.04. The van der Waals surface area contributed by atoms with Crippen LogP contribution in [-0.4, -0.2) is 37.0 Å². The predicted molar refractivity (Wildman–Crippen MR) is 78.8 cm³/mol. The van der Waals surface area contributed by atoms with Gasteiger partial charge in [0.05, 0.1) is 6.42 Å². The van der Waals surface area contributed by atoms with E-state index in [9.17, 15) is 4.79 Å². The average Bonchev–Trinajstić information content (AvgIpc) is 2.92. The molecule has 0 unspecified atom stereocenters. The summed E-state index contributed by atoms with van der Waals surface area (Å²) in [4.78, 5) is 14.2. The molecule has 1 amide bonds. The number of carbonyl (C=O) groups excluding carboxylic acids is 1. The number of hydrogen-bond acceptors (Lipinski definition) is 2. The second kappa shape index (κ2) is 6.12. The highest BCUT2D eigenvalue weighted by Crippen LogP contribution is 2.26. The van der Waals surface area contributed by atoms with E-state index >= 15 is 0 Å². The van der Waals surface area contributed by atoms with Gasteiger partial charge in [-0.1, -0.05) is 23.7 Å². The molecule has 0 aliphatic carbocycles. The van der Waals surface area contributed by atoms with Crippen molar-refractivity contribution in [1.82, 2.24) is 10.2 Å². The summed E-state index contributed by atoms with van der Waals surface area (Å²) in [6.45, 7) is 3.97. The maximum atomic E-state index is 12.2. The van der Waals surface area contributed by atoms with Crippen molar-refractivity contribution < 1.29 is 4.79 Å². The van der Waals surface area contributed by atoms with Crippen LogP contribution < -0.4 is 5.32 Å². The summed E-state index contributed by atoms with van der Waals surface area (Å²) < 4.78 is 0. The molecule has 19 heavy (non-hydrogen) atoms. The molecule has 0 radical (unpaired) electrons. The van der Waals surface area contributed by atoms with Crippen molar-refractivity contribution in [3.8, 4) is 0 Å². The van der Waals surface area contributed by atoms with Gasteiger partial charge in [0.15, 0.2) is 0 Å². The second-order valence-corrected chi connectivity index (χ2v) is 5.72. The summed E-state index contributed by atoms with van der Waals surface area (Å²) in [7, 11) is 0. The number of nitrogens with zero attached hydrogens (tertiary/aromatic N) is 1. The first-order valence-electron chi connectivity index (χ1n) is 6.45. The maximum absolute atomic E-state index is 12.2. The van der Waals surface area contributed by atoms with E-state index in [1.807, 2.05) is 29.2 Å². The summed E-state index contributed by atoms with van der Waals surface area (Å²) >= 11 is 5.84. The minimum Gasteiger partial charge on any atom is -0.342 e. The van der Waals surface area contributed by atoms with Gasteiger partial charge in [-0.25, -0.2) is 0 Å². The molecule has 1 N–H and O–H groups in total. The third-order valence-corrected chi connectivity index (χ3v) is 4.26. The van der Waals surface area contributed by atoms with E-state index in [1.165, 1.54) is 0 Å². The van der Waals surface area contributed by atoms with E-state index in [2.05, 4.69) is 5.32 Å². The van der Waals surface area contributed by atoms with Crippen molar-refractivity contribution in [2.45, 2.75) is 6.42 Å². The Morgan fingerprint density at radius 2 is 1.79 bits per heavy atom. The summed E-state index contributed by atoms with van der Waals surface area (Å²) in [5.74, 6) is 1.57. The second-order valence-electron chi connectivity index (χ2n) is 5.28. The molecular weight excluding hydrogens is 283 g/mol. The van der Waals surface area contributed by atoms with E-state index in [-0.39, 0.29) is 18.3 Å². The van der Waals surface area contributed by atoms with Crippen LogP contribution in [0.3, 0.4) is 0 Å². The number of fused-ring (bicyclic) bond motifs is 1. The third-order valence-electron chi connectivity index (χ3n) is 4.01. The fraction of sp³-hybridized carbons (Fsp3) is 0.500. The first-order valence-corrected chi connectivity index (χ1v) is 6.83. The topological polar surface area (TPSA) is 32.3 Å². The normalized spacial score (nSPS) is 25.0. The minimum absolute atomic E-state index is 0. The molecule has 104 valence electrons. The lowest BCUT2D eigenvalue weighted by molar-refractivity contribution is -0.129. The molecule has 2 aliphatic rings. The van der Waals surface area contributed by atoms with Crippen LogP contribution in [0.2, 0.25) is 5.02 Å². The van der Waals surface area contributed by atoms with Crippen LogP contribution in [0, 0.1) is 11.8 Å². The van der Waals surface area contributed by atoms with E-state index < -0.39 is 0 Å². The quantitative estimate of drug-likeness (QED) is 0.906. The first kappa shape index (κ1) is 14.6. The van der Waals surface area contributed by atoms with Gasteiger partial charge in [0.1, 0.15) is 0 Å². The molecule has 2 atom stereocenters. The van der Waals surface area contributed by atoms with Crippen molar-refractivity contribution in [1.29, 1.82) is 0 Å². The Morgan fingerprint density at radius 3 is 2.37 bits per heavy atom. The van der Waals surface area contributed by atoms with Crippen molar-refractivity contribution in [2.24, 2.45) is 11.8 Å². The molecule has 3 nitrogen and oxygen atoms in total. The highest BCUT2D eigenvalue weighted by atomic mass is 35.5. The lowest BCUT2D eigenvalue weighted by atomic mass is 10.0. The number of halogens is 2. The van der Waals surface area contributed by atoms with Crippen molar-refractivity contribution >= 4 is 29.9 Å². The highest BCUT2D eigenvalue weighted by molar-refractivity contribution is 6.30. The molecule has 0 spiro atoms. The monoisotopic (exact) mass is 300 g/mol. The lowest BCUT2D eigenvalue weighted by Gasteiger charge is -2.17. The Kier molecular flexibility index (Phi) is 4.71. The minimum atomic E-state index is 0. The molecule has 1 aromatic rings. The van der Waals surface area contributed by atoms with Crippen LogP contribution in [0.25, 0.3) is 0 Å². The fourth-order valence-corrected chi connectivity index (χ4v) is 3.07. The van der Waals surface area contributed by atoms with Gasteiger partial charge in [-0.05, 0) is 29.5 Å². The molecule has 2 saturated heterocycles. The molecule has 0 bridgehead atoms. The molecule has 0 aromatic heterocycles. The van der Waals surface area contributed by atoms with Crippen molar-refractivity contribution in [2.75, 3.05) is 26.2 Å². The van der Waals surface area contributed by atoms with Crippen LogP contribution in [0.15, 0.2) is 24.3 Å². The van der Waals surface area contributed by atoms with Crippen LogP contribution in [0.1, 0.15) is 5.56 Å². The third kappa shape index (κ3) is 3.22. The highest BCUT2D eigenvalue weighted by Gasteiger charge is 2.37. The summed E-state index contributed by atoms with van der Waals surface area (Å²) in [6, 6.07) is 7.54. The van der Waals surface area contributed by atoms with Gasteiger partial charge in [0, 0.05) is 31.2 Å². The standard InChI is InChI=1S/C14H17ClN2O.ClH/c15-13-3-1-10(2-4-13)5-14(18)17-8-11-6-16-7-12(11)9-17;/h1-4,11-12,16H,5-9H2;1H/t11-,12+;. The molecule has 0 saturated carbocycles. The Balaban J connectivity index is 0.00000133. The smallest absolute Gasteiger partial charge is 0.227 e. The molecule has 3 rings (SSSR count). The van der Waals surface area contributed by atoms with Crippen LogP contribution in [0.4, 0.5) is 0 Å². The molecular formula is C14H18Cl2N2O. The summed E-state index contributed by atoms with van der Waals surface area (Å²) in [6.07, 6.45) is 0.490. The van der Waals surface area contributed by atoms with Gasteiger partial charge < -0.3 is 10.2 Å². The van der Waals surface area contributed by atoms with Crippen molar-refractivity contribution in [3.63, 3.8) is 0 Å². The molecule has 5 heteroatoms. The number of likely N-dealkylation sites (tertiary alicyclic amines) is 1. The Morgan fingerprint density at radius 1 is 1.21 bits per heavy atom. The van der Waals surface area contributed by atoms with Gasteiger partial charge in [0.2, 0.25) is 5.91 Å². The van der Waals surface area contributed by atoms with E-state index in [0.29, 0.717) is 23.3 Å². The largest absolute Gasteiger partial charge is 0.342 e. The zero-order valence-corrected chi connectivity index (χ0v) is 12.2. The number of amides is 1. The molecule has 1 aromatic carbocycles. The van der Waals surface area contributed by atoms with E-state index in [0.717, 1.165) is 31.7 Å². The maximum Gasteiger partial charge on any atom is 0.227 e. The molecule has 2 heterocycles. The number of nitrogens with one attached hydrogen (secondary N) is 1. The number of hydrogen-bond donors (Lipinski definition) is 1. The molecule has 2 fully saturated rings. The van der Waals surface area contributed by atoms with Gasteiger partial charge in [-0.2, -0.15) is 0 Å². The predicted octanol–water partition coefficient (Wildman–Crippen LogP) is 1.98. The molecule has 2 aliphatic heterocycles.